The molecule has 0 bridgehead atoms. The van der Waals surface area contributed by atoms with Gasteiger partial charge in [0.2, 0.25) is 0 Å². The highest BCUT2D eigenvalue weighted by atomic mass is 32.2. The van der Waals surface area contributed by atoms with E-state index in [9.17, 15) is 9.00 Å². The first-order chi connectivity index (χ1) is 10.7. The zero-order valence-electron chi connectivity index (χ0n) is 12.5. The van der Waals surface area contributed by atoms with Crippen LogP contribution in [0.4, 0.5) is 0 Å². The van der Waals surface area contributed by atoms with Gasteiger partial charge >= 0.3 is 0 Å². The second-order valence-electron chi connectivity index (χ2n) is 4.58. The summed E-state index contributed by atoms with van der Waals surface area (Å²) >= 11 is 0. The van der Waals surface area contributed by atoms with Crippen LogP contribution in [0.3, 0.4) is 0 Å². The Kier molecular flexibility index (Phi) is 6.15. The van der Waals surface area contributed by atoms with E-state index in [1.165, 1.54) is 0 Å². The largest absolute Gasteiger partial charge is 0.494 e. The normalized spacial score (nSPS) is 11.7. The number of ether oxygens (including phenoxy) is 1. The van der Waals surface area contributed by atoms with Gasteiger partial charge in [0.25, 0.3) is 5.91 Å². The molecule has 0 fully saturated rings. The predicted octanol–water partition coefficient (Wildman–Crippen LogP) is 2.62. The molecular weight excluding hydrogens is 298 g/mol. The zero-order chi connectivity index (χ0) is 15.8. The first-order valence-corrected chi connectivity index (χ1v) is 8.47. The van der Waals surface area contributed by atoms with E-state index in [-0.39, 0.29) is 5.91 Å². The van der Waals surface area contributed by atoms with Gasteiger partial charge < -0.3 is 10.1 Å². The Morgan fingerprint density at radius 1 is 1.14 bits per heavy atom. The number of hydrogen-bond donors (Lipinski definition) is 1. The highest BCUT2D eigenvalue weighted by Crippen LogP contribution is 2.13. The van der Waals surface area contributed by atoms with Crippen LogP contribution >= 0.6 is 0 Å². The van der Waals surface area contributed by atoms with Crippen LogP contribution < -0.4 is 10.1 Å². The molecule has 1 amide bonds. The topological polar surface area (TPSA) is 55.4 Å². The molecule has 0 heterocycles. The van der Waals surface area contributed by atoms with Gasteiger partial charge in [0.15, 0.2) is 0 Å². The van der Waals surface area contributed by atoms with Crippen molar-refractivity contribution in [2.24, 2.45) is 0 Å². The van der Waals surface area contributed by atoms with E-state index in [0.717, 1.165) is 4.90 Å². The molecule has 22 heavy (non-hydrogen) atoms. The maximum Gasteiger partial charge on any atom is 0.251 e. The quantitative estimate of drug-likeness (QED) is 0.854. The molecule has 0 saturated heterocycles. The smallest absolute Gasteiger partial charge is 0.251 e. The highest BCUT2D eigenvalue weighted by Gasteiger charge is 2.08. The van der Waals surface area contributed by atoms with E-state index in [2.05, 4.69) is 5.32 Å². The Morgan fingerprint density at radius 2 is 1.91 bits per heavy atom. The van der Waals surface area contributed by atoms with Crippen LogP contribution in [0.5, 0.6) is 5.75 Å². The molecule has 0 saturated carbocycles. The van der Waals surface area contributed by atoms with E-state index in [1.54, 1.807) is 18.2 Å². The van der Waals surface area contributed by atoms with Gasteiger partial charge in [0, 0.05) is 22.8 Å². The average Bonchev–Trinajstić information content (AvgIpc) is 2.56. The van der Waals surface area contributed by atoms with Gasteiger partial charge in [-0.3, -0.25) is 9.00 Å². The molecule has 2 rings (SSSR count). The summed E-state index contributed by atoms with van der Waals surface area (Å²) in [6.07, 6.45) is 0. The summed E-state index contributed by atoms with van der Waals surface area (Å²) in [6.45, 7) is 2.81. The van der Waals surface area contributed by atoms with Gasteiger partial charge in [-0.15, -0.1) is 0 Å². The third kappa shape index (κ3) is 4.70. The van der Waals surface area contributed by atoms with Crippen LogP contribution in [0.15, 0.2) is 59.5 Å². The summed E-state index contributed by atoms with van der Waals surface area (Å²) in [5, 5.41) is 2.78. The third-order valence-electron chi connectivity index (χ3n) is 2.99. The molecule has 0 aliphatic rings. The van der Waals surface area contributed by atoms with E-state index >= 15 is 0 Å². The summed E-state index contributed by atoms with van der Waals surface area (Å²) in [7, 11) is -1.10. The lowest BCUT2D eigenvalue weighted by atomic mass is 10.2. The second kappa shape index (κ2) is 8.34. The van der Waals surface area contributed by atoms with Crippen molar-refractivity contribution < 1.29 is 13.7 Å². The Morgan fingerprint density at radius 3 is 2.64 bits per heavy atom. The van der Waals surface area contributed by atoms with Crippen LogP contribution in [0.25, 0.3) is 0 Å². The minimum Gasteiger partial charge on any atom is -0.494 e. The van der Waals surface area contributed by atoms with Crippen molar-refractivity contribution >= 4 is 16.7 Å². The van der Waals surface area contributed by atoms with Crippen molar-refractivity contribution in [3.05, 3.63) is 60.2 Å². The Hall–Kier alpha value is -2.14. The molecule has 1 N–H and O–H groups in total. The van der Waals surface area contributed by atoms with E-state index in [4.69, 9.17) is 4.74 Å². The molecule has 0 aliphatic carbocycles. The molecule has 0 aromatic heterocycles. The minimum absolute atomic E-state index is 0.188. The molecule has 2 aromatic carbocycles. The van der Waals surface area contributed by atoms with Crippen molar-refractivity contribution in [1.82, 2.24) is 5.32 Å². The van der Waals surface area contributed by atoms with Gasteiger partial charge in [-0.1, -0.05) is 24.3 Å². The molecule has 0 unspecified atom stereocenters. The van der Waals surface area contributed by atoms with Crippen molar-refractivity contribution in [1.29, 1.82) is 0 Å². The van der Waals surface area contributed by atoms with Gasteiger partial charge in [0.05, 0.1) is 17.4 Å². The van der Waals surface area contributed by atoms with Gasteiger partial charge in [-0.25, -0.2) is 0 Å². The molecule has 5 heteroatoms. The SMILES string of the molecule is CCOc1cccc(C(=O)NCC[S@@](=O)c2ccccc2)c1. The van der Waals surface area contributed by atoms with E-state index in [1.807, 2.05) is 43.3 Å². The maximum absolute atomic E-state index is 12.1. The van der Waals surface area contributed by atoms with Gasteiger partial charge in [0.1, 0.15) is 5.75 Å². The first-order valence-electron chi connectivity index (χ1n) is 7.15. The van der Waals surface area contributed by atoms with Crippen LogP contribution in [0, 0.1) is 0 Å². The average molecular weight is 317 g/mol. The van der Waals surface area contributed by atoms with Gasteiger partial charge in [-0.2, -0.15) is 0 Å². The lowest BCUT2D eigenvalue weighted by Crippen LogP contribution is -2.27. The predicted molar refractivity (Wildman–Crippen MR) is 87.7 cm³/mol. The molecule has 116 valence electrons. The molecule has 0 radical (unpaired) electrons. The Bertz CT molecular complexity index is 643. The number of benzene rings is 2. The molecule has 0 aliphatic heterocycles. The third-order valence-corrected chi connectivity index (χ3v) is 4.36. The van der Waals surface area contributed by atoms with E-state index in [0.29, 0.717) is 30.2 Å². The van der Waals surface area contributed by atoms with Crippen LogP contribution in [-0.4, -0.2) is 29.0 Å². The summed E-state index contributed by atoms with van der Waals surface area (Å²) in [4.78, 5) is 12.8. The van der Waals surface area contributed by atoms with Crippen LogP contribution in [0.2, 0.25) is 0 Å². The standard InChI is InChI=1S/C17H19NO3S/c1-2-21-15-8-6-7-14(13-15)17(19)18-11-12-22(20)16-9-4-3-5-10-16/h3-10,13H,2,11-12H2,1H3,(H,18,19)/t22-/m1/s1. The van der Waals surface area contributed by atoms with Crippen LogP contribution in [0.1, 0.15) is 17.3 Å². The summed E-state index contributed by atoms with van der Waals surface area (Å²) in [6, 6.07) is 16.3. The van der Waals surface area contributed by atoms with Crippen molar-refractivity contribution in [3.8, 4) is 5.75 Å². The number of rotatable bonds is 7. The second-order valence-corrected chi connectivity index (χ2v) is 6.15. The molecular formula is C17H19NO3S. The number of hydrogen-bond acceptors (Lipinski definition) is 3. The maximum atomic E-state index is 12.1. The molecule has 2 aromatic rings. The zero-order valence-corrected chi connectivity index (χ0v) is 13.3. The molecule has 0 spiro atoms. The fourth-order valence-electron chi connectivity index (χ4n) is 1.94. The minimum atomic E-state index is -1.10. The summed E-state index contributed by atoms with van der Waals surface area (Å²) in [5.74, 6) is 0.871. The number of amides is 1. The fourth-order valence-corrected chi connectivity index (χ4v) is 2.93. The van der Waals surface area contributed by atoms with Crippen molar-refractivity contribution in [3.63, 3.8) is 0 Å². The number of nitrogens with one attached hydrogen (secondary N) is 1. The van der Waals surface area contributed by atoms with Crippen molar-refractivity contribution in [2.45, 2.75) is 11.8 Å². The molecule has 1 atom stereocenters. The lowest BCUT2D eigenvalue weighted by molar-refractivity contribution is 0.0955. The lowest BCUT2D eigenvalue weighted by Gasteiger charge is -2.07. The van der Waals surface area contributed by atoms with E-state index < -0.39 is 10.8 Å². The monoisotopic (exact) mass is 317 g/mol. The van der Waals surface area contributed by atoms with Gasteiger partial charge in [-0.05, 0) is 37.3 Å². The van der Waals surface area contributed by atoms with Crippen LogP contribution in [-0.2, 0) is 10.8 Å². The fraction of sp³-hybridized carbons (Fsp3) is 0.235. The highest BCUT2D eigenvalue weighted by molar-refractivity contribution is 7.85. The summed E-state index contributed by atoms with van der Waals surface area (Å²) in [5.41, 5.74) is 0.538. The number of carbonyl (C=O) groups excluding carboxylic acids is 1. The molecule has 4 nitrogen and oxygen atoms in total. The summed E-state index contributed by atoms with van der Waals surface area (Å²) < 4.78 is 17.4. The Labute approximate surface area is 133 Å². The van der Waals surface area contributed by atoms with Crippen molar-refractivity contribution in [2.75, 3.05) is 18.9 Å². The number of carbonyl (C=O) groups is 1. The Balaban J connectivity index is 1.85. The first kappa shape index (κ1) is 16.2.